The number of aliphatic hydroxyl groups is 1. The molecule has 4 rings (SSSR count). The number of aryl methyl sites for hydroxylation is 1. The number of ether oxygens (including phenoxy) is 2. The Morgan fingerprint density at radius 3 is 2.82 bits per heavy atom. The van der Waals surface area contributed by atoms with Crippen molar-refractivity contribution in [1.82, 2.24) is 14.9 Å². The fraction of sp³-hybridized carbons (Fsp3) is 0.750. The Hall–Kier alpha value is -1.57. The lowest BCUT2D eigenvalue weighted by molar-refractivity contribution is -0.176. The number of nitrogens with zero attached hydrogens (tertiary/aromatic N) is 1. The zero-order valence-electron chi connectivity index (χ0n) is 15.7. The second-order valence-electron chi connectivity index (χ2n) is 7.93. The number of rotatable bonds is 4. The van der Waals surface area contributed by atoms with E-state index in [1.165, 1.54) is 13.1 Å². The number of hydrogen-bond acceptors (Lipinski definition) is 9. The maximum absolute atomic E-state index is 12.4. The van der Waals surface area contributed by atoms with Gasteiger partial charge in [-0.2, -0.15) is 8.42 Å². The van der Waals surface area contributed by atoms with Crippen molar-refractivity contribution in [3.05, 3.63) is 32.6 Å². The molecule has 1 spiro atoms. The van der Waals surface area contributed by atoms with Crippen LogP contribution < -0.4 is 16.6 Å². The normalized spacial score (nSPS) is 38.7. The highest BCUT2D eigenvalue weighted by atomic mass is 32.2. The molecular weight excluding hydrogens is 394 g/mol. The Morgan fingerprint density at radius 2 is 2.14 bits per heavy atom. The van der Waals surface area contributed by atoms with E-state index in [1.807, 2.05) is 13.8 Å². The summed E-state index contributed by atoms with van der Waals surface area (Å²) < 4.78 is 43.0. The van der Waals surface area contributed by atoms with E-state index in [4.69, 9.17) is 13.7 Å². The van der Waals surface area contributed by atoms with Gasteiger partial charge in [0.25, 0.3) is 15.7 Å². The Bertz CT molecular complexity index is 1020. The number of nitrogens with one attached hydrogen (secondary N) is 2. The zero-order chi connectivity index (χ0) is 20.5. The molecule has 0 aliphatic carbocycles. The van der Waals surface area contributed by atoms with Crippen LogP contribution in [0.25, 0.3) is 0 Å². The molecule has 4 heterocycles. The zero-order valence-corrected chi connectivity index (χ0v) is 16.5. The second-order valence-corrected chi connectivity index (χ2v) is 9.50. The van der Waals surface area contributed by atoms with Crippen molar-refractivity contribution in [1.29, 1.82) is 0 Å². The molecule has 3 fully saturated rings. The maximum Gasteiger partial charge on any atom is 0.330 e. The van der Waals surface area contributed by atoms with Crippen LogP contribution in [0, 0.1) is 12.8 Å². The second kappa shape index (κ2) is 6.21. The van der Waals surface area contributed by atoms with Gasteiger partial charge in [0, 0.05) is 18.3 Å². The molecule has 12 heteroatoms. The highest BCUT2D eigenvalue weighted by Gasteiger charge is 2.79. The van der Waals surface area contributed by atoms with Crippen molar-refractivity contribution in [2.75, 3.05) is 18.9 Å². The minimum atomic E-state index is -4.01. The number of aliphatic hydroxyl groups excluding tert-OH is 1. The SMILES string of the molecule is Cc1cn([C@@H]2O[C@@H]3CN[C@@]4(OCC(C)C)CS(=O)(=O)O[C@@]34[C@H]2O)c(=O)[nH]c1=O. The highest BCUT2D eigenvalue weighted by molar-refractivity contribution is 7.87. The predicted molar refractivity (Wildman–Crippen MR) is 95.1 cm³/mol. The van der Waals surface area contributed by atoms with Crippen LogP contribution in [0.15, 0.2) is 15.8 Å². The lowest BCUT2D eigenvalue weighted by atomic mass is 9.85. The molecule has 3 N–H and O–H groups in total. The fourth-order valence-corrected chi connectivity index (χ4v) is 5.90. The van der Waals surface area contributed by atoms with Gasteiger partial charge >= 0.3 is 5.69 Å². The van der Waals surface area contributed by atoms with E-state index in [1.54, 1.807) is 0 Å². The van der Waals surface area contributed by atoms with Gasteiger partial charge in [-0.1, -0.05) is 13.8 Å². The molecule has 3 saturated heterocycles. The molecule has 0 saturated carbocycles. The molecule has 0 unspecified atom stereocenters. The topological polar surface area (TPSA) is 149 Å². The van der Waals surface area contributed by atoms with Crippen molar-refractivity contribution in [2.24, 2.45) is 5.92 Å². The predicted octanol–water partition coefficient (Wildman–Crippen LogP) is -1.83. The van der Waals surface area contributed by atoms with Crippen molar-refractivity contribution >= 4 is 10.1 Å². The van der Waals surface area contributed by atoms with Gasteiger partial charge in [0.2, 0.25) is 0 Å². The average Bonchev–Trinajstić information content (AvgIpc) is 3.11. The molecule has 1 aromatic rings. The lowest BCUT2D eigenvalue weighted by Gasteiger charge is -2.38. The van der Waals surface area contributed by atoms with Crippen LogP contribution in [0.3, 0.4) is 0 Å². The quantitative estimate of drug-likeness (QED) is 0.481. The summed E-state index contributed by atoms with van der Waals surface area (Å²) in [7, 11) is -4.01. The first kappa shape index (κ1) is 19.7. The van der Waals surface area contributed by atoms with E-state index in [-0.39, 0.29) is 24.6 Å². The van der Waals surface area contributed by atoms with Gasteiger partial charge in [-0.3, -0.25) is 23.8 Å². The van der Waals surface area contributed by atoms with Crippen LogP contribution in [-0.2, 0) is 23.8 Å². The van der Waals surface area contributed by atoms with Crippen molar-refractivity contribution < 1.29 is 27.2 Å². The standard InChI is InChI=1S/C16H23N3O8S/c1-8(2)6-25-15-7-28(23,24)27-16(15)10(4-17-15)26-13(11(16)20)19-5-9(3)12(21)18-14(19)22/h5,8,10-11,13,17,20H,4,6-7H2,1-3H3,(H,18,21,22)/t10-,11+,13-,15-,16-/m1/s1. The minimum Gasteiger partial charge on any atom is -0.385 e. The summed E-state index contributed by atoms with van der Waals surface area (Å²) in [6, 6.07) is 0. The van der Waals surface area contributed by atoms with E-state index in [0.717, 1.165) is 4.57 Å². The monoisotopic (exact) mass is 417 g/mol. The number of H-pyrrole nitrogens is 1. The van der Waals surface area contributed by atoms with E-state index >= 15 is 0 Å². The molecule has 0 aromatic carbocycles. The molecule has 28 heavy (non-hydrogen) atoms. The fourth-order valence-electron chi connectivity index (χ4n) is 4.17. The van der Waals surface area contributed by atoms with Gasteiger partial charge < -0.3 is 14.6 Å². The summed E-state index contributed by atoms with van der Waals surface area (Å²) in [4.78, 5) is 26.1. The summed E-state index contributed by atoms with van der Waals surface area (Å²) in [5.74, 6) is -0.383. The molecule has 11 nitrogen and oxygen atoms in total. The van der Waals surface area contributed by atoms with Gasteiger partial charge in [0.05, 0.1) is 6.61 Å². The molecule has 3 aliphatic heterocycles. The van der Waals surface area contributed by atoms with E-state index in [2.05, 4.69) is 10.3 Å². The third kappa shape index (κ3) is 2.63. The molecule has 0 amide bonds. The summed E-state index contributed by atoms with van der Waals surface area (Å²) >= 11 is 0. The van der Waals surface area contributed by atoms with Gasteiger partial charge in [0.1, 0.15) is 18.0 Å². The maximum atomic E-state index is 12.4. The Kier molecular flexibility index (Phi) is 4.38. The van der Waals surface area contributed by atoms with Crippen LogP contribution in [0.2, 0.25) is 0 Å². The molecule has 5 atom stereocenters. The van der Waals surface area contributed by atoms with Crippen molar-refractivity contribution in [3.63, 3.8) is 0 Å². The largest absolute Gasteiger partial charge is 0.385 e. The molecule has 156 valence electrons. The average molecular weight is 417 g/mol. The number of hydrogen-bond donors (Lipinski definition) is 3. The first-order valence-corrected chi connectivity index (χ1v) is 10.6. The lowest BCUT2D eigenvalue weighted by Crippen LogP contribution is -2.64. The summed E-state index contributed by atoms with van der Waals surface area (Å²) in [6.07, 6.45) is -2.40. The van der Waals surface area contributed by atoms with Gasteiger partial charge in [-0.05, 0) is 12.8 Å². The molecule has 0 bridgehead atoms. The molecule has 1 aromatic heterocycles. The van der Waals surface area contributed by atoms with Crippen LogP contribution in [0.4, 0.5) is 0 Å². The Morgan fingerprint density at radius 1 is 1.43 bits per heavy atom. The van der Waals surface area contributed by atoms with E-state index in [0.29, 0.717) is 0 Å². The Balaban J connectivity index is 1.79. The van der Waals surface area contributed by atoms with Crippen LogP contribution >= 0.6 is 0 Å². The van der Waals surface area contributed by atoms with Crippen LogP contribution in [-0.4, -0.2) is 65.5 Å². The Labute approximate surface area is 160 Å². The first-order chi connectivity index (χ1) is 13.0. The molecule has 3 aliphatic rings. The third-order valence-corrected chi connectivity index (χ3v) is 6.71. The summed E-state index contributed by atoms with van der Waals surface area (Å²) in [6.45, 7) is 5.72. The van der Waals surface area contributed by atoms with Gasteiger partial charge in [-0.25, -0.2) is 4.79 Å². The van der Waals surface area contributed by atoms with E-state index in [9.17, 15) is 23.1 Å². The van der Waals surface area contributed by atoms with Crippen LogP contribution in [0.5, 0.6) is 0 Å². The van der Waals surface area contributed by atoms with Crippen LogP contribution in [0.1, 0.15) is 25.6 Å². The van der Waals surface area contributed by atoms with Gasteiger partial charge in [-0.15, -0.1) is 0 Å². The smallest absolute Gasteiger partial charge is 0.330 e. The first-order valence-electron chi connectivity index (χ1n) is 8.99. The molecule has 0 radical (unpaired) electrons. The summed E-state index contributed by atoms with van der Waals surface area (Å²) in [5, 5.41) is 14.2. The third-order valence-electron chi connectivity index (χ3n) is 5.42. The molecular formula is C16H23N3O8S. The van der Waals surface area contributed by atoms with E-state index < -0.39 is 56.9 Å². The number of aromatic amines is 1. The summed E-state index contributed by atoms with van der Waals surface area (Å²) in [5.41, 5.74) is -4.34. The number of aromatic nitrogens is 2. The highest BCUT2D eigenvalue weighted by Crippen LogP contribution is 2.54. The minimum absolute atomic E-state index is 0.107. The van der Waals surface area contributed by atoms with Crippen molar-refractivity contribution in [3.8, 4) is 0 Å². The van der Waals surface area contributed by atoms with Crippen molar-refractivity contribution in [2.45, 2.75) is 50.5 Å². The van der Waals surface area contributed by atoms with Gasteiger partial charge in [0.15, 0.2) is 17.6 Å².